The van der Waals surface area contributed by atoms with Crippen LogP contribution in [0.5, 0.6) is 0 Å². The van der Waals surface area contributed by atoms with Gasteiger partial charge in [-0.1, -0.05) is 18.3 Å². The molecule has 1 aromatic rings. The molecule has 0 aliphatic rings. The van der Waals surface area contributed by atoms with Crippen LogP contribution in [0.25, 0.3) is 0 Å². The lowest BCUT2D eigenvalue weighted by atomic mass is 10.4. The van der Waals surface area contributed by atoms with Crippen molar-refractivity contribution in [1.29, 1.82) is 0 Å². The standard InChI is InChI=1S/C7H10N4S/c1-3-12-6-5(8)4(2)10-7(9)11-6/h3H,1,8H2,2H3,(H2,9,10,11). The van der Waals surface area contributed by atoms with Crippen LogP contribution in [-0.4, -0.2) is 9.97 Å². The highest BCUT2D eigenvalue weighted by molar-refractivity contribution is 8.02. The van der Waals surface area contributed by atoms with E-state index < -0.39 is 0 Å². The van der Waals surface area contributed by atoms with Crippen molar-refractivity contribution in [2.75, 3.05) is 11.5 Å². The van der Waals surface area contributed by atoms with Gasteiger partial charge in [-0.2, -0.15) is 0 Å². The van der Waals surface area contributed by atoms with Crippen LogP contribution in [-0.2, 0) is 0 Å². The Balaban J connectivity index is 3.17. The fourth-order valence-electron chi connectivity index (χ4n) is 0.745. The van der Waals surface area contributed by atoms with E-state index in [1.165, 1.54) is 11.8 Å². The average molecular weight is 182 g/mol. The van der Waals surface area contributed by atoms with Crippen molar-refractivity contribution in [3.8, 4) is 0 Å². The number of hydrogen-bond donors (Lipinski definition) is 2. The van der Waals surface area contributed by atoms with Crippen LogP contribution in [0.15, 0.2) is 17.0 Å². The van der Waals surface area contributed by atoms with Crippen LogP contribution in [0.3, 0.4) is 0 Å². The number of aryl methyl sites for hydroxylation is 1. The smallest absolute Gasteiger partial charge is 0.221 e. The van der Waals surface area contributed by atoms with E-state index in [9.17, 15) is 0 Å². The van der Waals surface area contributed by atoms with Gasteiger partial charge in [0.1, 0.15) is 5.03 Å². The number of nitrogens with zero attached hydrogens (tertiary/aromatic N) is 2. The van der Waals surface area contributed by atoms with E-state index in [0.29, 0.717) is 16.4 Å². The minimum Gasteiger partial charge on any atom is -0.395 e. The predicted molar refractivity (Wildman–Crippen MR) is 51.6 cm³/mol. The summed E-state index contributed by atoms with van der Waals surface area (Å²) in [6.07, 6.45) is 0. The molecule has 1 heterocycles. The largest absolute Gasteiger partial charge is 0.395 e. The maximum absolute atomic E-state index is 5.69. The van der Waals surface area contributed by atoms with Crippen molar-refractivity contribution < 1.29 is 0 Å². The number of nitrogens with two attached hydrogens (primary N) is 2. The van der Waals surface area contributed by atoms with Crippen LogP contribution >= 0.6 is 11.8 Å². The second kappa shape index (κ2) is 3.44. The Morgan fingerprint density at radius 2 is 2.08 bits per heavy atom. The minimum atomic E-state index is 0.242. The van der Waals surface area contributed by atoms with E-state index in [0.717, 1.165) is 0 Å². The molecule has 0 unspecified atom stereocenters. The Morgan fingerprint density at radius 1 is 1.42 bits per heavy atom. The van der Waals surface area contributed by atoms with Gasteiger partial charge in [-0.25, -0.2) is 9.97 Å². The first-order valence-corrected chi connectivity index (χ1v) is 4.20. The number of rotatable bonds is 2. The zero-order chi connectivity index (χ0) is 9.14. The lowest BCUT2D eigenvalue weighted by Crippen LogP contribution is -2.03. The van der Waals surface area contributed by atoms with Gasteiger partial charge in [0.25, 0.3) is 0 Å². The first-order valence-electron chi connectivity index (χ1n) is 3.32. The monoisotopic (exact) mass is 182 g/mol. The summed E-state index contributed by atoms with van der Waals surface area (Å²) in [4.78, 5) is 7.87. The zero-order valence-electron chi connectivity index (χ0n) is 6.74. The van der Waals surface area contributed by atoms with Gasteiger partial charge in [-0.15, -0.1) is 0 Å². The Morgan fingerprint density at radius 3 is 2.67 bits per heavy atom. The Hall–Kier alpha value is -1.23. The fraction of sp³-hybridized carbons (Fsp3) is 0.143. The summed E-state index contributed by atoms with van der Waals surface area (Å²) in [6.45, 7) is 5.35. The van der Waals surface area contributed by atoms with Gasteiger partial charge >= 0.3 is 0 Å². The molecule has 64 valence electrons. The summed E-state index contributed by atoms with van der Waals surface area (Å²) >= 11 is 1.34. The van der Waals surface area contributed by atoms with Crippen LogP contribution in [0.4, 0.5) is 11.6 Å². The molecule has 4 N–H and O–H groups in total. The van der Waals surface area contributed by atoms with Crippen LogP contribution < -0.4 is 11.5 Å². The van der Waals surface area contributed by atoms with Crippen LogP contribution in [0.1, 0.15) is 5.69 Å². The Bertz CT molecular complexity index is 311. The van der Waals surface area contributed by atoms with Crippen LogP contribution in [0.2, 0.25) is 0 Å². The number of thioether (sulfide) groups is 1. The molecule has 1 rings (SSSR count). The molecule has 0 atom stereocenters. The molecule has 4 nitrogen and oxygen atoms in total. The molecule has 0 saturated heterocycles. The quantitative estimate of drug-likeness (QED) is 0.530. The molecule has 0 spiro atoms. The van der Waals surface area contributed by atoms with Crippen molar-refractivity contribution in [3.05, 3.63) is 17.7 Å². The fourth-order valence-corrected chi connectivity index (χ4v) is 1.32. The second-order valence-electron chi connectivity index (χ2n) is 2.17. The van der Waals surface area contributed by atoms with Crippen molar-refractivity contribution in [2.24, 2.45) is 0 Å². The predicted octanol–water partition coefficient (Wildman–Crippen LogP) is 1.19. The molecule has 0 aliphatic heterocycles. The highest BCUT2D eigenvalue weighted by Gasteiger charge is 2.05. The Kier molecular flexibility index (Phi) is 2.54. The van der Waals surface area contributed by atoms with E-state index in [1.807, 2.05) is 0 Å². The summed E-state index contributed by atoms with van der Waals surface area (Å²) in [5.41, 5.74) is 12.4. The number of hydrogen-bond acceptors (Lipinski definition) is 5. The molecule has 12 heavy (non-hydrogen) atoms. The molecular formula is C7H10N4S. The third-order valence-electron chi connectivity index (χ3n) is 1.31. The molecule has 0 aliphatic carbocycles. The average Bonchev–Trinajstić information content (AvgIpc) is 2.00. The molecule has 0 radical (unpaired) electrons. The summed E-state index contributed by atoms with van der Waals surface area (Å²) in [7, 11) is 0. The van der Waals surface area contributed by atoms with Gasteiger partial charge in [-0.3, -0.25) is 0 Å². The summed E-state index contributed by atoms with van der Waals surface area (Å²) in [5.74, 6) is 0.242. The number of aromatic nitrogens is 2. The minimum absolute atomic E-state index is 0.242. The highest BCUT2D eigenvalue weighted by atomic mass is 32.2. The van der Waals surface area contributed by atoms with E-state index in [1.54, 1.807) is 12.3 Å². The summed E-state index contributed by atoms with van der Waals surface area (Å²) < 4.78 is 0. The SMILES string of the molecule is C=CSc1nc(N)nc(C)c1N. The van der Waals surface area contributed by atoms with Crippen LogP contribution in [0, 0.1) is 6.92 Å². The Labute approximate surface area is 75.1 Å². The third-order valence-corrected chi connectivity index (χ3v) is 2.01. The lowest BCUT2D eigenvalue weighted by molar-refractivity contribution is 1.04. The number of anilines is 2. The van der Waals surface area contributed by atoms with Gasteiger partial charge in [0.15, 0.2) is 0 Å². The van der Waals surface area contributed by atoms with E-state index in [-0.39, 0.29) is 5.95 Å². The van der Waals surface area contributed by atoms with Gasteiger partial charge in [0, 0.05) is 0 Å². The van der Waals surface area contributed by atoms with Gasteiger partial charge in [0.05, 0.1) is 11.4 Å². The maximum Gasteiger partial charge on any atom is 0.221 e. The summed E-state index contributed by atoms with van der Waals surface area (Å²) in [5, 5.41) is 2.31. The molecule has 0 saturated carbocycles. The first-order chi connectivity index (χ1) is 5.65. The molecule has 0 amide bonds. The number of nitrogen functional groups attached to an aromatic ring is 2. The van der Waals surface area contributed by atoms with Crippen molar-refractivity contribution in [1.82, 2.24) is 9.97 Å². The second-order valence-corrected chi connectivity index (χ2v) is 3.13. The van der Waals surface area contributed by atoms with Gasteiger partial charge < -0.3 is 11.5 Å². The van der Waals surface area contributed by atoms with Crippen molar-refractivity contribution >= 4 is 23.4 Å². The normalized spacial score (nSPS) is 9.75. The highest BCUT2D eigenvalue weighted by Crippen LogP contribution is 2.25. The van der Waals surface area contributed by atoms with E-state index in [4.69, 9.17) is 11.5 Å². The molecule has 5 heteroatoms. The third kappa shape index (κ3) is 1.68. The topological polar surface area (TPSA) is 77.8 Å². The summed E-state index contributed by atoms with van der Waals surface area (Å²) in [6, 6.07) is 0. The molecule has 1 aromatic heterocycles. The van der Waals surface area contributed by atoms with Gasteiger partial charge in [0.2, 0.25) is 5.95 Å². The van der Waals surface area contributed by atoms with E-state index in [2.05, 4.69) is 16.5 Å². The van der Waals surface area contributed by atoms with E-state index >= 15 is 0 Å². The molecule has 0 fully saturated rings. The first kappa shape index (κ1) is 8.86. The van der Waals surface area contributed by atoms with Crippen molar-refractivity contribution in [2.45, 2.75) is 11.9 Å². The van der Waals surface area contributed by atoms with Crippen molar-refractivity contribution in [3.63, 3.8) is 0 Å². The molecular weight excluding hydrogens is 172 g/mol. The van der Waals surface area contributed by atoms with Gasteiger partial charge in [-0.05, 0) is 12.3 Å². The maximum atomic E-state index is 5.69. The molecule has 0 aromatic carbocycles. The lowest BCUT2D eigenvalue weighted by Gasteiger charge is -2.04. The molecule has 0 bridgehead atoms. The zero-order valence-corrected chi connectivity index (χ0v) is 7.56.